The van der Waals surface area contributed by atoms with Crippen molar-refractivity contribution in [2.75, 3.05) is 13.2 Å². The van der Waals surface area contributed by atoms with Crippen LogP contribution in [0.5, 0.6) is 0 Å². The molecule has 2 rings (SSSR count). The van der Waals surface area contributed by atoms with E-state index >= 15 is 0 Å². The van der Waals surface area contributed by atoms with Crippen LogP contribution in [0.2, 0.25) is 0 Å². The van der Waals surface area contributed by atoms with Gasteiger partial charge in [0.05, 0.1) is 6.61 Å². The van der Waals surface area contributed by atoms with Crippen molar-refractivity contribution in [3.63, 3.8) is 0 Å². The average molecular weight is 210 g/mol. The predicted octanol–water partition coefficient (Wildman–Crippen LogP) is 2.11. The first kappa shape index (κ1) is 11.2. The molecule has 15 heavy (non-hydrogen) atoms. The summed E-state index contributed by atoms with van der Waals surface area (Å²) in [6, 6.07) is 0. The molecule has 0 bridgehead atoms. The van der Waals surface area contributed by atoms with Gasteiger partial charge in [0.1, 0.15) is 0 Å². The molecule has 0 heterocycles. The second kappa shape index (κ2) is 3.60. The minimum absolute atomic E-state index is 0.0862. The number of hydrogen-bond acceptors (Lipinski definition) is 2. The largest absolute Gasteiger partial charge is 0.396 e. The van der Waals surface area contributed by atoms with Crippen molar-refractivity contribution in [3.05, 3.63) is 12.2 Å². The van der Waals surface area contributed by atoms with Crippen molar-refractivity contribution in [1.82, 2.24) is 0 Å². The predicted molar refractivity (Wildman–Crippen MR) is 60.4 cm³/mol. The Kier molecular flexibility index (Phi) is 2.68. The van der Waals surface area contributed by atoms with Gasteiger partial charge in [0.2, 0.25) is 0 Å². The highest BCUT2D eigenvalue weighted by molar-refractivity contribution is 5.24. The molecule has 2 fully saturated rings. The van der Waals surface area contributed by atoms with Gasteiger partial charge in [-0.05, 0) is 38.0 Å². The van der Waals surface area contributed by atoms with Crippen LogP contribution >= 0.6 is 0 Å². The van der Waals surface area contributed by atoms with Gasteiger partial charge in [0.25, 0.3) is 0 Å². The first-order valence-corrected chi connectivity index (χ1v) is 6.03. The van der Waals surface area contributed by atoms with E-state index in [-0.39, 0.29) is 24.0 Å². The molecule has 0 spiro atoms. The van der Waals surface area contributed by atoms with Gasteiger partial charge < -0.3 is 10.2 Å². The molecule has 3 atom stereocenters. The molecule has 2 aliphatic rings. The Morgan fingerprint density at radius 3 is 2.60 bits per heavy atom. The van der Waals surface area contributed by atoms with Crippen LogP contribution in [0.15, 0.2) is 12.2 Å². The first-order valence-electron chi connectivity index (χ1n) is 6.03. The topological polar surface area (TPSA) is 40.5 Å². The van der Waals surface area contributed by atoms with Crippen LogP contribution in [-0.4, -0.2) is 23.4 Å². The highest BCUT2D eigenvalue weighted by atomic mass is 16.3. The maximum absolute atomic E-state index is 9.78. The summed E-state index contributed by atoms with van der Waals surface area (Å²) in [6.07, 6.45) is 5.30. The summed E-state index contributed by atoms with van der Waals surface area (Å²) in [5, 5.41) is 19.5. The molecule has 2 N–H and O–H groups in total. The summed E-state index contributed by atoms with van der Waals surface area (Å²) >= 11 is 0. The lowest BCUT2D eigenvalue weighted by atomic mass is 9.54. The lowest BCUT2D eigenvalue weighted by molar-refractivity contribution is -0.0517. The van der Waals surface area contributed by atoms with E-state index < -0.39 is 0 Å². The van der Waals surface area contributed by atoms with Gasteiger partial charge in [-0.1, -0.05) is 19.1 Å². The number of aliphatic hydroxyl groups excluding tert-OH is 2. The van der Waals surface area contributed by atoms with E-state index in [1.807, 2.05) is 0 Å². The summed E-state index contributed by atoms with van der Waals surface area (Å²) < 4.78 is 0. The van der Waals surface area contributed by atoms with Crippen molar-refractivity contribution >= 4 is 0 Å². The normalized spacial score (nSPS) is 45.5. The van der Waals surface area contributed by atoms with Gasteiger partial charge in [-0.25, -0.2) is 0 Å². The zero-order valence-electron chi connectivity index (χ0n) is 9.63. The summed E-state index contributed by atoms with van der Waals surface area (Å²) in [4.78, 5) is 0. The van der Waals surface area contributed by atoms with Gasteiger partial charge in [-0.2, -0.15) is 0 Å². The highest BCUT2D eigenvalue weighted by Gasteiger charge is 2.60. The van der Waals surface area contributed by atoms with Crippen LogP contribution in [0.1, 0.15) is 39.0 Å². The molecule has 2 nitrogen and oxygen atoms in total. The molecular formula is C13H22O2. The molecule has 0 aromatic heterocycles. The van der Waals surface area contributed by atoms with Crippen molar-refractivity contribution < 1.29 is 10.2 Å². The SMILES string of the molecule is C=C1CCC[C@@]2(CO)[C@@H](C)CC[C@@]12CO. The lowest BCUT2D eigenvalue weighted by Crippen LogP contribution is -2.49. The summed E-state index contributed by atoms with van der Waals surface area (Å²) in [5.74, 6) is 0.506. The van der Waals surface area contributed by atoms with Crippen molar-refractivity contribution in [2.45, 2.75) is 39.0 Å². The first-order chi connectivity index (χ1) is 7.13. The zero-order chi connectivity index (χ0) is 11.1. The molecule has 0 aromatic rings. The maximum Gasteiger partial charge on any atom is 0.0530 e. The Morgan fingerprint density at radius 2 is 2.07 bits per heavy atom. The summed E-state index contributed by atoms with van der Waals surface area (Å²) in [7, 11) is 0. The fourth-order valence-corrected chi connectivity index (χ4v) is 4.07. The van der Waals surface area contributed by atoms with E-state index in [9.17, 15) is 10.2 Å². The van der Waals surface area contributed by atoms with Crippen LogP contribution in [0, 0.1) is 16.7 Å². The quantitative estimate of drug-likeness (QED) is 0.685. The van der Waals surface area contributed by atoms with Crippen LogP contribution < -0.4 is 0 Å². The summed E-state index contributed by atoms with van der Waals surface area (Å²) in [5.41, 5.74) is 0.908. The molecule has 0 aromatic carbocycles. The van der Waals surface area contributed by atoms with Crippen LogP contribution in [0.25, 0.3) is 0 Å². The minimum Gasteiger partial charge on any atom is -0.396 e. The third-order valence-corrected chi connectivity index (χ3v) is 5.23. The molecule has 2 saturated carbocycles. The van der Waals surface area contributed by atoms with Gasteiger partial charge in [0.15, 0.2) is 0 Å². The highest BCUT2D eigenvalue weighted by Crippen LogP contribution is 2.64. The van der Waals surface area contributed by atoms with Crippen LogP contribution in [0.4, 0.5) is 0 Å². The Bertz CT molecular complexity index is 274. The molecule has 0 amide bonds. The van der Waals surface area contributed by atoms with E-state index in [1.54, 1.807) is 0 Å². The fourth-order valence-electron chi connectivity index (χ4n) is 4.07. The van der Waals surface area contributed by atoms with Crippen molar-refractivity contribution in [2.24, 2.45) is 16.7 Å². The third-order valence-electron chi connectivity index (χ3n) is 5.23. The monoisotopic (exact) mass is 210 g/mol. The number of hydrogen-bond donors (Lipinski definition) is 2. The molecular weight excluding hydrogens is 188 g/mol. The Morgan fingerprint density at radius 1 is 1.33 bits per heavy atom. The smallest absolute Gasteiger partial charge is 0.0530 e. The molecule has 0 aliphatic heterocycles. The minimum atomic E-state index is -0.181. The van der Waals surface area contributed by atoms with Crippen LogP contribution in [0.3, 0.4) is 0 Å². The molecule has 0 unspecified atom stereocenters. The fraction of sp³-hybridized carbons (Fsp3) is 0.846. The number of rotatable bonds is 2. The molecule has 2 aliphatic carbocycles. The Balaban J connectivity index is 2.46. The number of aliphatic hydroxyl groups is 2. The van der Waals surface area contributed by atoms with E-state index in [0.29, 0.717) is 5.92 Å². The van der Waals surface area contributed by atoms with Gasteiger partial charge in [-0.3, -0.25) is 0 Å². The lowest BCUT2D eigenvalue weighted by Gasteiger charge is -2.51. The van der Waals surface area contributed by atoms with Gasteiger partial charge in [-0.15, -0.1) is 0 Å². The van der Waals surface area contributed by atoms with Crippen molar-refractivity contribution in [3.8, 4) is 0 Å². The standard InChI is InChI=1S/C13H22O2/c1-10-4-3-6-12(8-14)11(2)5-7-13(10,12)9-15/h11,14-15H,1,3-9H2,2H3/t11-,12+,13+/m0/s1. The maximum atomic E-state index is 9.78. The molecule has 86 valence electrons. The Labute approximate surface area is 92.0 Å². The van der Waals surface area contributed by atoms with E-state index in [0.717, 1.165) is 32.1 Å². The summed E-state index contributed by atoms with van der Waals surface area (Å²) in [6.45, 7) is 6.74. The van der Waals surface area contributed by atoms with Crippen LogP contribution in [-0.2, 0) is 0 Å². The van der Waals surface area contributed by atoms with E-state index in [2.05, 4.69) is 13.5 Å². The van der Waals surface area contributed by atoms with E-state index in [4.69, 9.17) is 0 Å². The van der Waals surface area contributed by atoms with Crippen molar-refractivity contribution in [1.29, 1.82) is 0 Å². The van der Waals surface area contributed by atoms with Gasteiger partial charge in [0, 0.05) is 17.4 Å². The third kappa shape index (κ3) is 1.18. The molecule has 0 radical (unpaired) electrons. The van der Waals surface area contributed by atoms with E-state index in [1.165, 1.54) is 5.57 Å². The second-order valence-corrected chi connectivity index (χ2v) is 5.45. The zero-order valence-corrected chi connectivity index (χ0v) is 9.63. The van der Waals surface area contributed by atoms with Gasteiger partial charge >= 0.3 is 0 Å². The number of fused-ring (bicyclic) bond motifs is 1. The molecule has 2 heteroatoms. The average Bonchev–Trinajstić information content (AvgIpc) is 2.55. The second-order valence-electron chi connectivity index (χ2n) is 5.45. The molecule has 0 saturated heterocycles. The Hall–Kier alpha value is -0.340.